The third-order valence-corrected chi connectivity index (χ3v) is 2.86. The molecule has 0 amide bonds. The van der Waals surface area contributed by atoms with Crippen molar-refractivity contribution in [2.45, 2.75) is 44.9 Å². The predicted molar refractivity (Wildman–Crippen MR) is 59.4 cm³/mol. The highest BCUT2D eigenvalue weighted by Gasteiger charge is 2.26. The molecule has 0 spiro atoms. The molecule has 1 aromatic rings. The van der Waals surface area contributed by atoms with E-state index in [0.717, 1.165) is 25.7 Å². The summed E-state index contributed by atoms with van der Waals surface area (Å²) in [5, 5.41) is 0. The molecular weight excluding hydrogens is 208 g/mol. The van der Waals surface area contributed by atoms with Gasteiger partial charge in [-0.3, -0.25) is 14.3 Å². The summed E-state index contributed by atoms with van der Waals surface area (Å²) < 4.78 is 7.20. The quantitative estimate of drug-likeness (QED) is 0.833. The average Bonchev–Trinajstić information content (AvgIpc) is 2.67. The predicted octanol–water partition coefficient (Wildman–Crippen LogP) is 1.01. The fourth-order valence-corrected chi connectivity index (χ4v) is 2.08. The molecule has 88 valence electrons. The normalized spacial score (nSPS) is 24.8. The van der Waals surface area contributed by atoms with E-state index in [-0.39, 0.29) is 17.9 Å². The van der Waals surface area contributed by atoms with Crippen molar-refractivity contribution in [1.29, 1.82) is 0 Å². The van der Waals surface area contributed by atoms with E-state index in [4.69, 9.17) is 4.74 Å². The zero-order valence-electron chi connectivity index (χ0n) is 9.31. The molecule has 0 aromatic carbocycles. The number of aromatic nitrogens is 2. The second-order valence-corrected chi connectivity index (χ2v) is 4.10. The molecule has 1 fully saturated rings. The lowest BCUT2D eigenvalue weighted by Gasteiger charge is -2.14. The van der Waals surface area contributed by atoms with Crippen LogP contribution in [0.25, 0.3) is 0 Å². The van der Waals surface area contributed by atoms with Gasteiger partial charge in [-0.1, -0.05) is 13.3 Å². The molecule has 0 bridgehead atoms. The number of nitrogens with one attached hydrogen (secondary N) is 1. The van der Waals surface area contributed by atoms with E-state index < -0.39 is 5.69 Å². The van der Waals surface area contributed by atoms with E-state index in [1.807, 2.05) is 0 Å². The molecule has 1 aromatic heterocycles. The van der Waals surface area contributed by atoms with Gasteiger partial charge in [0.1, 0.15) is 6.23 Å². The van der Waals surface area contributed by atoms with Gasteiger partial charge in [0.25, 0.3) is 5.56 Å². The van der Waals surface area contributed by atoms with Gasteiger partial charge in [0.05, 0.1) is 6.10 Å². The molecule has 5 nitrogen and oxygen atoms in total. The monoisotopic (exact) mass is 224 g/mol. The first-order valence-electron chi connectivity index (χ1n) is 5.67. The molecule has 2 heterocycles. The summed E-state index contributed by atoms with van der Waals surface area (Å²) in [7, 11) is 0. The van der Waals surface area contributed by atoms with Crippen LogP contribution in [0.4, 0.5) is 0 Å². The van der Waals surface area contributed by atoms with E-state index in [1.54, 1.807) is 0 Å². The summed E-state index contributed by atoms with van der Waals surface area (Å²) in [5.74, 6) is 0. The highest BCUT2D eigenvalue weighted by Crippen LogP contribution is 2.28. The van der Waals surface area contributed by atoms with Crippen LogP contribution in [0.15, 0.2) is 21.9 Å². The van der Waals surface area contributed by atoms with Gasteiger partial charge in [-0.2, -0.15) is 0 Å². The minimum absolute atomic E-state index is 0.221. The maximum Gasteiger partial charge on any atom is 0.330 e. The smallest absolute Gasteiger partial charge is 0.330 e. The first-order valence-corrected chi connectivity index (χ1v) is 5.67. The lowest BCUT2D eigenvalue weighted by molar-refractivity contribution is -0.00435. The van der Waals surface area contributed by atoms with Crippen molar-refractivity contribution in [3.63, 3.8) is 0 Å². The molecule has 0 aliphatic carbocycles. The minimum atomic E-state index is -0.394. The Morgan fingerprint density at radius 3 is 3.00 bits per heavy atom. The largest absolute Gasteiger partial charge is 0.355 e. The van der Waals surface area contributed by atoms with Crippen molar-refractivity contribution >= 4 is 0 Å². The Bertz CT molecular complexity index is 463. The van der Waals surface area contributed by atoms with Crippen molar-refractivity contribution in [2.75, 3.05) is 0 Å². The van der Waals surface area contributed by atoms with Crippen LogP contribution in [-0.2, 0) is 4.74 Å². The number of aromatic amines is 1. The molecule has 5 heteroatoms. The van der Waals surface area contributed by atoms with E-state index in [0.29, 0.717) is 0 Å². The number of nitrogens with zero attached hydrogens (tertiary/aromatic N) is 1. The van der Waals surface area contributed by atoms with Crippen LogP contribution in [0.3, 0.4) is 0 Å². The zero-order valence-corrected chi connectivity index (χ0v) is 9.31. The molecule has 2 rings (SSSR count). The van der Waals surface area contributed by atoms with Crippen LogP contribution in [0.1, 0.15) is 38.8 Å². The van der Waals surface area contributed by atoms with Crippen molar-refractivity contribution in [2.24, 2.45) is 0 Å². The average molecular weight is 224 g/mol. The summed E-state index contributed by atoms with van der Waals surface area (Å²) in [6.45, 7) is 2.11. The van der Waals surface area contributed by atoms with Gasteiger partial charge in [-0.05, 0) is 19.3 Å². The van der Waals surface area contributed by atoms with E-state index in [9.17, 15) is 9.59 Å². The maximum absolute atomic E-state index is 11.5. The van der Waals surface area contributed by atoms with Crippen molar-refractivity contribution < 1.29 is 4.74 Å². The summed E-state index contributed by atoms with van der Waals surface area (Å²) in [4.78, 5) is 24.7. The Labute approximate surface area is 93.1 Å². The molecule has 16 heavy (non-hydrogen) atoms. The highest BCUT2D eigenvalue weighted by molar-refractivity contribution is 4.85. The van der Waals surface area contributed by atoms with Gasteiger partial charge in [-0.15, -0.1) is 0 Å². The summed E-state index contributed by atoms with van der Waals surface area (Å²) in [6, 6.07) is 1.35. The Morgan fingerprint density at radius 1 is 1.50 bits per heavy atom. The number of ether oxygens (including phenoxy) is 1. The van der Waals surface area contributed by atoms with Crippen molar-refractivity contribution in [3.05, 3.63) is 33.1 Å². The summed E-state index contributed by atoms with van der Waals surface area (Å²) in [6.07, 6.45) is 5.43. The molecule has 2 atom stereocenters. The topological polar surface area (TPSA) is 64.1 Å². The summed E-state index contributed by atoms with van der Waals surface area (Å²) >= 11 is 0. The SMILES string of the molecule is CCCC1CC[C@H](n2ccc(=O)[nH]c2=O)O1. The molecule has 0 saturated carbocycles. The van der Waals surface area contributed by atoms with Crippen LogP contribution < -0.4 is 11.2 Å². The fourth-order valence-electron chi connectivity index (χ4n) is 2.08. The Morgan fingerprint density at radius 2 is 2.31 bits per heavy atom. The van der Waals surface area contributed by atoms with Gasteiger partial charge in [-0.25, -0.2) is 4.79 Å². The van der Waals surface area contributed by atoms with E-state index in [1.165, 1.54) is 16.8 Å². The molecule has 0 radical (unpaired) electrons. The summed E-state index contributed by atoms with van der Waals surface area (Å²) in [5.41, 5.74) is -0.765. The van der Waals surface area contributed by atoms with Crippen molar-refractivity contribution in [1.82, 2.24) is 9.55 Å². The van der Waals surface area contributed by atoms with Crippen molar-refractivity contribution in [3.8, 4) is 0 Å². The molecule has 1 saturated heterocycles. The molecule has 1 aliphatic heterocycles. The van der Waals surface area contributed by atoms with Gasteiger partial charge in [0, 0.05) is 12.3 Å². The second-order valence-electron chi connectivity index (χ2n) is 4.10. The lowest BCUT2D eigenvalue weighted by Crippen LogP contribution is -2.31. The highest BCUT2D eigenvalue weighted by atomic mass is 16.5. The van der Waals surface area contributed by atoms with Crippen LogP contribution in [0.5, 0.6) is 0 Å². The van der Waals surface area contributed by atoms with E-state index in [2.05, 4.69) is 11.9 Å². The van der Waals surface area contributed by atoms with Crippen LogP contribution in [0, 0.1) is 0 Å². The number of hydrogen-bond acceptors (Lipinski definition) is 3. The third-order valence-electron chi connectivity index (χ3n) is 2.86. The minimum Gasteiger partial charge on any atom is -0.355 e. The first-order chi connectivity index (χ1) is 7.70. The molecule has 1 aliphatic rings. The molecular formula is C11H16N2O3. The van der Waals surface area contributed by atoms with Crippen LogP contribution in [-0.4, -0.2) is 15.7 Å². The maximum atomic E-state index is 11.5. The lowest BCUT2D eigenvalue weighted by atomic mass is 10.1. The number of H-pyrrole nitrogens is 1. The Kier molecular flexibility index (Phi) is 3.24. The third kappa shape index (κ3) is 2.24. The van der Waals surface area contributed by atoms with Gasteiger partial charge < -0.3 is 4.74 Å². The van der Waals surface area contributed by atoms with Gasteiger partial charge in [0.2, 0.25) is 0 Å². The second kappa shape index (κ2) is 4.65. The number of rotatable bonds is 3. The van der Waals surface area contributed by atoms with Gasteiger partial charge in [0.15, 0.2) is 0 Å². The standard InChI is InChI=1S/C11H16N2O3/c1-2-3-8-4-5-10(16-8)13-7-6-9(14)12-11(13)15/h6-8,10H,2-5H2,1H3,(H,12,14,15)/t8?,10-/m1/s1. The molecule has 1 N–H and O–H groups in total. The Hall–Kier alpha value is -1.36. The van der Waals surface area contributed by atoms with Gasteiger partial charge >= 0.3 is 5.69 Å². The number of hydrogen-bond donors (Lipinski definition) is 1. The Balaban J connectivity index is 2.14. The fraction of sp³-hybridized carbons (Fsp3) is 0.636. The zero-order chi connectivity index (χ0) is 11.5. The van der Waals surface area contributed by atoms with Crippen LogP contribution >= 0.6 is 0 Å². The first kappa shape index (κ1) is 11.1. The van der Waals surface area contributed by atoms with Crippen LogP contribution in [0.2, 0.25) is 0 Å². The van der Waals surface area contributed by atoms with E-state index >= 15 is 0 Å². The molecule has 1 unspecified atom stereocenters.